The molecule has 1 heterocycles. The minimum Gasteiger partial charge on any atom is -0.326 e. The topological polar surface area (TPSA) is 71.1 Å². The fourth-order valence-corrected chi connectivity index (χ4v) is 1.89. The van der Waals surface area contributed by atoms with Gasteiger partial charge in [-0.1, -0.05) is 0 Å². The van der Waals surface area contributed by atoms with E-state index < -0.39 is 0 Å². The molecule has 0 aliphatic heterocycles. The number of rotatable bonds is 3. The Morgan fingerprint density at radius 3 is 2.44 bits per heavy atom. The fraction of sp³-hybridized carbons (Fsp3) is 0.0833. The highest BCUT2D eigenvalue weighted by Crippen LogP contribution is 2.14. The van der Waals surface area contributed by atoms with Crippen LogP contribution < -0.4 is 10.6 Å². The van der Waals surface area contributed by atoms with Crippen LogP contribution in [-0.4, -0.2) is 16.8 Å². The van der Waals surface area contributed by atoms with E-state index in [2.05, 4.69) is 15.6 Å². The Bertz CT molecular complexity index is 549. The van der Waals surface area contributed by atoms with E-state index in [0.29, 0.717) is 16.4 Å². The zero-order valence-electron chi connectivity index (χ0n) is 9.64. The molecule has 18 heavy (non-hydrogen) atoms. The van der Waals surface area contributed by atoms with Gasteiger partial charge in [-0.15, -0.1) is 11.3 Å². The quantitative estimate of drug-likeness (QED) is 0.891. The highest BCUT2D eigenvalue weighted by molar-refractivity contribution is 7.13. The molecule has 5 nitrogen and oxygen atoms in total. The van der Waals surface area contributed by atoms with Crippen molar-refractivity contribution in [1.29, 1.82) is 0 Å². The molecule has 0 saturated carbocycles. The SMILES string of the molecule is CC(=O)Nc1ccc(C(=O)Nc2nccs2)cc1. The highest BCUT2D eigenvalue weighted by atomic mass is 32.1. The number of carbonyl (C=O) groups excluding carboxylic acids is 2. The van der Waals surface area contributed by atoms with Gasteiger partial charge in [0.2, 0.25) is 5.91 Å². The van der Waals surface area contributed by atoms with Gasteiger partial charge in [0.25, 0.3) is 5.91 Å². The van der Waals surface area contributed by atoms with E-state index in [1.165, 1.54) is 18.3 Å². The summed E-state index contributed by atoms with van der Waals surface area (Å²) in [6.45, 7) is 1.43. The first-order chi connectivity index (χ1) is 8.65. The van der Waals surface area contributed by atoms with Gasteiger partial charge < -0.3 is 5.32 Å². The maximum Gasteiger partial charge on any atom is 0.257 e. The number of aromatic nitrogens is 1. The molecule has 0 saturated heterocycles. The van der Waals surface area contributed by atoms with Crippen LogP contribution in [0.1, 0.15) is 17.3 Å². The molecule has 0 unspecified atom stereocenters. The second-order valence-corrected chi connectivity index (χ2v) is 4.44. The molecular weight excluding hydrogens is 250 g/mol. The summed E-state index contributed by atoms with van der Waals surface area (Å²) in [7, 11) is 0. The maximum atomic E-state index is 11.8. The molecule has 92 valence electrons. The van der Waals surface area contributed by atoms with Gasteiger partial charge in [-0.05, 0) is 24.3 Å². The lowest BCUT2D eigenvalue weighted by molar-refractivity contribution is -0.114. The van der Waals surface area contributed by atoms with Crippen molar-refractivity contribution in [1.82, 2.24) is 4.98 Å². The van der Waals surface area contributed by atoms with Crippen LogP contribution in [-0.2, 0) is 4.79 Å². The summed E-state index contributed by atoms with van der Waals surface area (Å²) in [6, 6.07) is 6.65. The van der Waals surface area contributed by atoms with Crippen LogP contribution in [0.3, 0.4) is 0 Å². The summed E-state index contributed by atoms with van der Waals surface area (Å²) in [5, 5.41) is 7.66. The second kappa shape index (κ2) is 5.42. The predicted molar refractivity (Wildman–Crippen MR) is 70.8 cm³/mol. The van der Waals surface area contributed by atoms with E-state index in [1.54, 1.807) is 35.8 Å². The van der Waals surface area contributed by atoms with E-state index >= 15 is 0 Å². The third-order valence-electron chi connectivity index (χ3n) is 2.12. The van der Waals surface area contributed by atoms with Gasteiger partial charge in [-0.3, -0.25) is 14.9 Å². The molecule has 0 fully saturated rings. The van der Waals surface area contributed by atoms with Crippen LogP contribution in [0.5, 0.6) is 0 Å². The summed E-state index contributed by atoms with van der Waals surface area (Å²) in [4.78, 5) is 26.6. The molecule has 1 aromatic carbocycles. The predicted octanol–water partition coefficient (Wildman–Crippen LogP) is 2.35. The van der Waals surface area contributed by atoms with Gasteiger partial charge in [0.15, 0.2) is 5.13 Å². The van der Waals surface area contributed by atoms with E-state index in [4.69, 9.17) is 0 Å². The third kappa shape index (κ3) is 3.14. The first-order valence-electron chi connectivity index (χ1n) is 5.23. The van der Waals surface area contributed by atoms with Crippen LogP contribution in [0.25, 0.3) is 0 Å². The number of nitrogens with zero attached hydrogens (tertiary/aromatic N) is 1. The highest BCUT2D eigenvalue weighted by Gasteiger charge is 2.07. The van der Waals surface area contributed by atoms with Gasteiger partial charge in [0.05, 0.1) is 0 Å². The van der Waals surface area contributed by atoms with Crippen LogP contribution in [0.4, 0.5) is 10.8 Å². The number of anilines is 2. The normalized spacial score (nSPS) is 9.83. The van der Waals surface area contributed by atoms with Crippen molar-refractivity contribution in [3.63, 3.8) is 0 Å². The Balaban J connectivity index is 2.05. The summed E-state index contributed by atoms with van der Waals surface area (Å²) >= 11 is 1.36. The van der Waals surface area contributed by atoms with Crippen LogP contribution >= 0.6 is 11.3 Å². The van der Waals surface area contributed by atoms with Crippen LogP contribution in [0, 0.1) is 0 Å². The Kier molecular flexibility index (Phi) is 3.69. The van der Waals surface area contributed by atoms with Crippen molar-refractivity contribution in [3.05, 3.63) is 41.4 Å². The van der Waals surface area contributed by atoms with Crippen molar-refractivity contribution in [2.75, 3.05) is 10.6 Å². The van der Waals surface area contributed by atoms with Gasteiger partial charge in [0.1, 0.15) is 0 Å². The monoisotopic (exact) mass is 261 g/mol. The average molecular weight is 261 g/mol. The number of hydrogen-bond donors (Lipinski definition) is 2. The van der Waals surface area contributed by atoms with E-state index in [1.807, 2.05) is 0 Å². The van der Waals surface area contributed by atoms with Gasteiger partial charge in [-0.2, -0.15) is 0 Å². The van der Waals surface area contributed by atoms with Crippen molar-refractivity contribution in [2.45, 2.75) is 6.92 Å². The molecule has 2 rings (SSSR count). The lowest BCUT2D eigenvalue weighted by Crippen LogP contribution is -2.12. The van der Waals surface area contributed by atoms with Crippen molar-refractivity contribution < 1.29 is 9.59 Å². The number of hydrogen-bond acceptors (Lipinski definition) is 4. The molecule has 1 aromatic heterocycles. The first-order valence-corrected chi connectivity index (χ1v) is 6.11. The maximum absolute atomic E-state index is 11.8. The van der Waals surface area contributed by atoms with Crippen LogP contribution in [0.15, 0.2) is 35.8 Å². The molecule has 0 spiro atoms. The molecule has 0 atom stereocenters. The van der Waals surface area contributed by atoms with Gasteiger partial charge >= 0.3 is 0 Å². The van der Waals surface area contributed by atoms with E-state index in [-0.39, 0.29) is 11.8 Å². The molecule has 6 heteroatoms. The molecule has 2 N–H and O–H groups in total. The molecule has 2 aromatic rings. The largest absolute Gasteiger partial charge is 0.326 e. The zero-order chi connectivity index (χ0) is 13.0. The smallest absolute Gasteiger partial charge is 0.257 e. The molecule has 0 aliphatic rings. The third-order valence-corrected chi connectivity index (χ3v) is 2.81. The van der Waals surface area contributed by atoms with Gasteiger partial charge in [0, 0.05) is 29.8 Å². The summed E-state index contributed by atoms with van der Waals surface area (Å²) < 4.78 is 0. The zero-order valence-corrected chi connectivity index (χ0v) is 10.5. The minimum absolute atomic E-state index is 0.144. The number of amides is 2. The lowest BCUT2D eigenvalue weighted by Gasteiger charge is -2.04. The lowest BCUT2D eigenvalue weighted by atomic mass is 10.2. The Morgan fingerprint density at radius 1 is 1.17 bits per heavy atom. The number of thiazole rings is 1. The molecule has 0 radical (unpaired) electrons. The van der Waals surface area contributed by atoms with Crippen molar-refractivity contribution in [3.8, 4) is 0 Å². The molecule has 2 amide bonds. The first kappa shape index (κ1) is 12.3. The van der Waals surface area contributed by atoms with Crippen LogP contribution in [0.2, 0.25) is 0 Å². The Morgan fingerprint density at radius 2 is 1.89 bits per heavy atom. The van der Waals surface area contributed by atoms with E-state index in [9.17, 15) is 9.59 Å². The Hall–Kier alpha value is -2.21. The van der Waals surface area contributed by atoms with E-state index in [0.717, 1.165) is 0 Å². The second-order valence-electron chi connectivity index (χ2n) is 3.55. The minimum atomic E-state index is -0.223. The number of carbonyl (C=O) groups is 2. The standard InChI is InChI=1S/C12H11N3O2S/c1-8(16)14-10-4-2-9(3-5-10)11(17)15-12-13-6-7-18-12/h2-7H,1H3,(H,14,16)(H,13,15,17). The number of benzene rings is 1. The number of nitrogens with one attached hydrogen (secondary N) is 2. The van der Waals surface area contributed by atoms with Gasteiger partial charge in [-0.25, -0.2) is 4.98 Å². The summed E-state index contributed by atoms with van der Waals surface area (Å²) in [6.07, 6.45) is 1.63. The average Bonchev–Trinajstić information content (AvgIpc) is 2.82. The molecular formula is C12H11N3O2S. The van der Waals surface area contributed by atoms with Crippen molar-refractivity contribution in [2.24, 2.45) is 0 Å². The Labute approximate surface area is 108 Å². The van der Waals surface area contributed by atoms with Crippen molar-refractivity contribution >= 4 is 34.0 Å². The molecule has 0 bridgehead atoms. The summed E-state index contributed by atoms with van der Waals surface area (Å²) in [5.41, 5.74) is 1.17. The summed E-state index contributed by atoms with van der Waals surface area (Å²) in [5.74, 6) is -0.366. The fourth-order valence-electron chi connectivity index (χ4n) is 1.36. The molecule has 0 aliphatic carbocycles.